The maximum atomic E-state index is 11.2. The summed E-state index contributed by atoms with van der Waals surface area (Å²) in [6.45, 7) is -1.52. The third-order valence-corrected chi connectivity index (χ3v) is 4.33. The fourth-order valence-corrected chi connectivity index (χ4v) is 3.07. The van der Waals surface area contributed by atoms with Gasteiger partial charge in [0.1, 0.15) is 12.1 Å². The van der Waals surface area contributed by atoms with Crippen molar-refractivity contribution in [1.82, 2.24) is 0 Å². The predicted octanol–water partition coefficient (Wildman–Crippen LogP) is -1.72. The van der Waals surface area contributed by atoms with E-state index in [9.17, 15) is 19.2 Å². The van der Waals surface area contributed by atoms with Crippen LogP contribution < -0.4 is 11.5 Å². The molecule has 0 heterocycles. The number of carbonyl (C=O) groups excluding carboxylic acids is 2. The van der Waals surface area contributed by atoms with Gasteiger partial charge in [0.2, 0.25) is 0 Å². The lowest BCUT2D eigenvalue weighted by atomic mass is 10.4. The Morgan fingerprint density at radius 2 is 1.14 bits per heavy atom. The summed E-state index contributed by atoms with van der Waals surface area (Å²) in [5, 5.41) is 16.7. The van der Waals surface area contributed by atoms with Gasteiger partial charge in [-0.1, -0.05) is 21.6 Å². The molecule has 12 heteroatoms. The standard InChI is InChI=1S/C10H16N2O8S2/c11-5(9(17)19-1-7(13)14)3-21-22-4-6(12)10(18)20-2-8(15)16/h5-6H,1-4,11-12H2,(H,13,14)(H,15,16)/t5-,6-/m0/s1. The molecule has 0 aliphatic heterocycles. The maximum absolute atomic E-state index is 11.2. The average molecular weight is 356 g/mol. The highest BCUT2D eigenvalue weighted by molar-refractivity contribution is 8.76. The summed E-state index contributed by atoms with van der Waals surface area (Å²) >= 11 is 0. The van der Waals surface area contributed by atoms with Gasteiger partial charge in [-0.15, -0.1) is 0 Å². The Morgan fingerprint density at radius 1 is 0.818 bits per heavy atom. The minimum absolute atomic E-state index is 0.125. The van der Waals surface area contributed by atoms with Crippen molar-refractivity contribution in [2.45, 2.75) is 12.1 Å². The molecule has 10 nitrogen and oxygen atoms in total. The van der Waals surface area contributed by atoms with Gasteiger partial charge in [0.15, 0.2) is 13.2 Å². The molecule has 0 aliphatic rings. The van der Waals surface area contributed by atoms with Crippen molar-refractivity contribution in [2.24, 2.45) is 11.5 Å². The van der Waals surface area contributed by atoms with Crippen molar-refractivity contribution in [2.75, 3.05) is 24.7 Å². The molecule has 22 heavy (non-hydrogen) atoms. The number of rotatable bonds is 11. The van der Waals surface area contributed by atoms with Crippen LogP contribution in [0.5, 0.6) is 0 Å². The van der Waals surface area contributed by atoms with Crippen LogP contribution in [-0.4, -0.2) is 70.9 Å². The summed E-state index contributed by atoms with van der Waals surface area (Å²) in [6.07, 6.45) is 0. The number of ether oxygens (including phenoxy) is 2. The van der Waals surface area contributed by atoms with Crippen molar-refractivity contribution >= 4 is 45.5 Å². The number of aliphatic carboxylic acids is 2. The van der Waals surface area contributed by atoms with Gasteiger partial charge in [-0.25, -0.2) is 9.59 Å². The Bertz CT molecular complexity index is 382. The van der Waals surface area contributed by atoms with Crippen molar-refractivity contribution in [1.29, 1.82) is 0 Å². The zero-order valence-electron chi connectivity index (χ0n) is 11.3. The molecule has 0 saturated carbocycles. The quantitative estimate of drug-likeness (QED) is 0.187. The van der Waals surface area contributed by atoms with E-state index < -0.39 is 49.2 Å². The van der Waals surface area contributed by atoms with Crippen LogP contribution >= 0.6 is 21.6 Å². The van der Waals surface area contributed by atoms with Crippen molar-refractivity contribution < 1.29 is 38.9 Å². The minimum Gasteiger partial charge on any atom is -0.479 e. The molecule has 2 atom stereocenters. The van der Waals surface area contributed by atoms with Gasteiger partial charge >= 0.3 is 23.9 Å². The molecule has 0 aliphatic carbocycles. The molecule has 0 amide bonds. The largest absolute Gasteiger partial charge is 0.479 e. The molecule has 126 valence electrons. The highest BCUT2D eigenvalue weighted by Crippen LogP contribution is 2.22. The molecular weight excluding hydrogens is 340 g/mol. The fraction of sp³-hybridized carbons (Fsp3) is 0.600. The first-order valence-electron chi connectivity index (χ1n) is 5.76. The first-order valence-corrected chi connectivity index (χ1v) is 8.25. The molecule has 0 saturated heterocycles. The van der Waals surface area contributed by atoms with Gasteiger partial charge in [-0.05, 0) is 0 Å². The van der Waals surface area contributed by atoms with E-state index in [0.717, 1.165) is 21.6 Å². The number of carboxylic acid groups (broad SMARTS) is 2. The fourth-order valence-electron chi connectivity index (χ4n) is 0.859. The monoisotopic (exact) mass is 356 g/mol. The lowest BCUT2D eigenvalue weighted by molar-refractivity contribution is -0.155. The normalized spacial score (nSPS) is 13.0. The van der Waals surface area contributed by atoms with Crippen molar-refractivity contribution in [3.63, 3.8) is 0 Å². The first kappa shape index (κ1) is 20.5. The summed E-state index contributed by atoms with van der Waals surface area (Å²) < 4.78 is 8.79. The van der Waals surface area contributed by atoms with Crippen LogP contribution in [0.2, 0.25) is 0 Å². The average Bonchev–Trinajstić information content (AvgIpc) is 2.45. The van der Waals surface area contributed by atoms with Gasteiger partial charge in [0, 0.05) is 11.5 Å². The lowest BCUT2D eigenvalue weighted by Gasteiger charge is -2.11. The topological polar surface area (TPSA) is 179 Å². The van der Waals surface area contributed by atoms with E-state index in [1.807, 2.05) is 0 Å². The van der Waals surface area contributed by atoms with E-state index in [0.29, 0.717) is 0 Å². The number of carbonyl (C=O) groups is 4. The smallest absolute Gasteiger partial charge is 0.341 e. The zero-order valence-corrected chi connectivity index (χ0v) is 12.9. The third kappa shape index (κ3) is 10.3. The molecule has 0 aromatic carbocycles. The van der Waals surface area contributed by atoms with Crippen molar-refractivity contribution in [3.8, 4) is 0 Å². The van der Waals surface area contributed by atoms with Crippen LogP contribution in [0.15, 0.2) is 0 Å². The van der Waals surface area contributed by atoms with Gasteiger partial charge in [-0.3, -0.25) is 9.59 Å². The Labute approximate surface area is 133 Å². The third-order valence-electron chi connectivity index (χ3n) is 1.86. The van der Waals surface area contributed by atoms with Crippen LogP contribution in [0.25, 0.3) is 0 Å². The van der Waals surface area contributed by atoms with Crippen LogP contribution in [-0.2, 0) is 28.7 Å². The van der Waals surface area contributed by atoms with Crippen molar-refractivity contribution in [3.05, 3.63) is 0 Å². The Morgan fingerprint density at radius 3 is 1.41 bits per heavy atom. The first-order chi connectivity index (χ1) is 10.2. The molecule has 0 aromatic rings. The van der Waals surface area contributed by atoms with Gasteiger partial charge < -0.3 is 31.2 Å². The molecule has 6 N–H and O–H groups in total. The second-order valence-corrected chi connectivity index (χ2v) is 6.34. The molecule has 0 rings (SSSR count). The molecule has 0 radical (unpaired) electrons. The Kier molecular flexibility index (Phi) is 10.4. The summed E-state index contributed by atoms with van der Waals surface area (Å²) in [4.78, 5) is 42.9. The molecule has 0 spiro atoms. The second-order valence-electron chi connectivity index (χ2n) is 3.78. The summed E-state index contributed by atoms with van der Waals surface area (Å²) in [6, 6.07) is -2.01. The highest BCUT2D eigenvalue weighted by Gasteiger charge is 2.19. The number of hydrogen-bond donors (Lipinski definition) is 4. The molecule has 0 unspecified atom stereocenters. The molecular formula is C10H16N2O8S2. The van der Waals surface area contributed by atoms with Gasteiger partial charge in [0.25, 0.3) is 0 Å². The van der Waals surface area contributed by atoms with E-state index in [4.69, 9.17) is 21.7 Å². The van der Waals surface area contributed by atoms with Crippen LogP contribution in [0.3, 0.4) is 0 Å². The highest BCUT2D eigenvalue weighted by atomic mass is 33.1. The summed E-state index contributed by atoms with van der Waals surface area (Å²) in [5.74, 6) is -4.01. The summed E-state index contributed by atoms with van der Waals surface area (Å²) in [5.41, 5.74) is 10.9. The van der Waals surface area contributed by atoms with E-state index in [1.54, 1.807) is 0 Å². The number of esters is 2. The van der Waals surface area contributed by atoms with E-state index >= 15 is 0 Å². The van der Waals surface area contributed by atoms with Gasteiger partial charge in [-0.2, -0.15) is 0 Å². The second kappa shape index (κ2) is 11.1. The Balaban J connectivity index is 3.82. The van der Waals surface area contributed by atoms with E-state index in [2.05, 4.69) is 9.47 Å². The zero-order chi connectivity index (χ0) is 17.1. The maximum Gasteiger partial charge on any atom is 0.341 e. The SMILES string of the molecule is N[C@@H](CSSC[C@H](N)C(=O)OCC(=O)O)C(=O)OCC(=O)O. The van der Waals surface area contributed by atoms with Crippen LogP contribution in [0, 0.1) is 0 Å². The lowest BCUT2D eigenvalue weighted by Crippen LogP contribution is -2.36. The van der Waals surface area contributed by atoms with Crippen LogP contribution in [0.4, 0.5) is 0 Å². The Hall–Kier alpha value is -1.50. The van der Waals surface area contributed by atoms with Crippen LogP contribution in [0.1, 0.15) is 0 Å². The summed E-state index contributed by atoms with van der Waals surface area (Å²) in [7, 11) is 2.27. The predicted molar refractivity (Wildman–Crippen MR) is 78.1 cm³/mol. The number of hydrogen-bond acceptors (Lipinski definition) is 10. The number of nitrogens with two attached hydrogens (primary N) is 2. The molecule has 0 aromatic heterocycles. The number of carboxylic acids is 2. The molecule has 0 bridgehead atoms. The van der Waals surface area contributed by atoms with E-state index in [-0.39, 0.29) is 11.5 Å². The van der Waals surface area contributed by atoms with Gasteiger partial charge in [0.05, 0.1) is 0 Å². The minimum atomic E-state index is -1.28. The molecule has 0 fully saturated rings. The van der Waals surface area contributed by atoms with E-state index in [1.165, 1.54) is 0 Å².